The second kappa shape index (κ2) is 10.4. The molecule has 8 heteroatoms. The number of allylic oxidation sites excluding steroid dienone is 1. The highest BCUT2D eigenvalue weighted by Gasteiger charge is 2.40. The molecule has 0 radical (unpaired) electrons. The Labute approximate surface area is 196 Å². The van der Waals surface area contributed by atoms with Crippen molar-refractivity contribution in [2.24, 2.45) is 26.6 Å². The first-order chi connectivity index (χ1) is 15.9. The molecule has 1 aromatic rings. The van der Waals surface area contributed by atoms with E-state index in [0.717, 1.165) is 48.6 Å². The number of aryl methyl sites for hydroxylation is 1. The maximum atomic E-state index is 6.43. The van der Waals surface area contributed by atoms with Gasteiger partial charge in [0, 0.05) is 24.5 Å². The van der Waals surface area contributed by atoms with Gasteiger partial charge >= 0.3 is 6.02 Å². The molecule has 0 fully saturated rings. The summed E-state index contributed by atoms with van der Waals surface area (Å²) >= 11 is 0. The molecule has 0 saturated carbocycles. The third-order valence-corrected chi connectivity index (χ3v) is 5.87. The smallest absolute Gasteiger partial charge is 0.315 e. The number of aromatic nitrogens is 1. The van der Waals surface area contributed by atoms with Gasteiger partial charge < -0.3 is 20.3 Å². The Hall–Kier alpha value is -2.84. The number of amidine groups is 3. The molecule has 176 valence electrons. The van der Waals surface area contributed by atoms with E-state index in [1.807, 2.05) is 19.3 Å². The van der Waals surface area contributed by atoms with Crippen LogP contribution in [-0.4, -0.2) is 78.5 Å². The number of hydrogen-bond donors (Lipinski definition) is 1. The first-order valence-corrected chi connectivity index (χ1v) is 11.8. The predicted octanol–water partition coefficient (Wildman–Crippen LogP) is 2.75. The van der Waals surface area contributed by atoms with Crippen LogP contribution in [0.15, 0.2) is 57.2 Å². The Morgan fingerprint density at radius 1 is 1.24 bits per heavy atom. The van der Waals surface area contributed by atoms with Crippen molar-refractivity contribution in [1.82, 2.24) is 14.8 Å². The molecule has 8 nitrogen and oxygen atoms in total. The zero-order chi connectivity index (χ0) is 23.4. The van der Waals surface area contributed by atoms with Gasteiger partial charge in [0.15, 0.2) is 0 Å². The van der Waals surface area contributed by atoms with Crippen molar-refractivity contribution in [3.05, 3.63) is 53.4 Å². The van der Waals surface area contributed by atoms with E-state index >= 15 is 0 Å². The quantitative estimate of drug-likeness (QED) is 0.616. The fourth-order valence-corrected chi connectivity index (χ4v) is 4.35. The summed E-state index contributed by atoms with van der Waals surface area (Å²) in [5.41, 5.74) is 9.71. The number of nitrogens with two attached hydrogens (primary N) is 1. The molecule has 0 amide bonds. The fraction of sp³-hybridized carbons (Fsp3) is 0.520. The second-order valence-electron chi connectivity index (χ2n) is 9.21. The van der Waals surface area contributed by atoms with Gasteiger partial charge in [-0.05, 0) is 57.0 Å². The van der Waals surface area contributed by atoms with E-state index in [-0.39, 0.29) is 6.04 Å². The summed E-state index contributed by atoms with van der Waals surface area (Å²) in [7, 11) is 4.23. The first kappa shape index (κ1) is 23.3. The van der Waals surface area contributed by atoms with Gasteiger partial charge in [0.05, 0.1) is 13.2 Å². The number of fused-ring (bicyclic) bond motifs is 1. The number of ether oxygens (including phenoxy) is 1. The molecule has 0 aromatic carbocycles. The summed E-state index contributed by atoms with van der Waals surface area (Å²) in [4.78, 5) is 23.0. The van der Waals surface area contributed by atoms with Crippen LogP contribution in [0.4, 0.5) is 0 Å². The van der Waals surface area contributed by atoms with Crippen LogP contribution in [0.2, 0.25) is 0 Å². The van der Waals surface area contributed by atoms with E-state index in [1.165, 1.54) is 5.57 Å². The van der Waals surface area contributed by atoms with Gasteiger partial charge in [-0.3, -0.25) is 9.98 Å². The Morgan fingerprint density at radius 3 is 2.85 bits per heavy atom. The average Bonchev–Trinajstić information content (AvgIpc) is 3.13. The zero-order valence-electron chi connectivity index (χ0n) is 20.1. The number of rotatable bonds is 8. The van der Waals surface area contributed by atoms with Gasteiger partial charge in [0.1, 0.15) is 23.9 Å². The fourth-order valence-electron chi connectivity index (χ4n) is 4.35. The maximum Gasteiger partial charge on any atom is 0.315 e. The van der Waals surface area contributed by atoms with Crippen molar-refractivity contribution in [2.45, 2.75) is 45.3 Å². The van der Waals surface area contributed by atoms with E-state index in [9.17, 15) is 0 Å². The highest BCUT2D eigenvalue weighted by Crippen LogP contribution is 2.26. The molecular formula is C25H35N7O. The van der Waals surface area contributed by atoms with Crippen LogP contribution in [0.25, 0.3) is 0 Å². The lowest BCUT2D eigenvalue weighted by molar-refractivity contribution is 0.287. The Balaban J connectivity index is 1.65. The van der Waals surface area contributed by atoms with Crippen molar-refractivity contribution in [3.63, 3.8) is 0 Å². The standard InChI is InChI=1S/C25H35N7O/c1-5-6-10-33-25-29-22(26)21-24(30-25)32(23(28-21)20-11-17(2)13-27-14-20)16-19-9-7-8-18(12-19)15-31(3)4/h7,9,11-14,18,21-22H,5-6,8,10,15-16,26H2,1-4H3. The molecule has 3 unspecified atom stereocenters. The Morgan fingerprint density at radius 2 is 2.09 bits per heavy atom. The molecule has 4 rings (SSSR count). The van der Waals surface area contributed by atoms with Gasteiger partial charge in [-0.25, -0.2) is 4.99 Å². The topological polar surface area (TPSA) is 91.7 Å². The number of unbranched alkanes of at least 4 members (excludes halogenated alkanes) is 1. The molecule has 0 bridgehead atoms. The van der Waals surface area contributed by atoms with Crippen LogP contribution in [-0.2, 0) is 4.74 Å². The van der Waals surface area contributed by atoms with E-state index in [4.69, 9.17) is 20.5 Å². The van der Waals surface area contributed by atoms with Gasteiger partial charge in [0.2, 0.25) is 0 Å². The predicted molar refractivity (Wildman–Crippen MR) is 134 cm³/mol. The molecule has 1 aliphatic carbocycles. The minimum Gasteiger partial charge on any atom is -0.464 e. The zero-order valence-corrected chi connectivity index (χ0v) is 20.1. The largest absolute Gasteiger partial charge is 0.464 e. The number of nitrogens with zero attached hydrogens (tertiary/aromatic N) is 6. The third kappa shape index (κ3) is 5.57. The van der Waals surface area contributed by atoms with Crippen LogP contribution >= 0.6 is 0 Å². The number of aliphatic imine (C=N–C) groups is 3. The Kier molecular flexibility index (Phi) is 7.35. The summed E-state index contributed by atoms with van der Waals surface area (Å²) < 4.78 is 5.82. The van der Waals surface area contributed by atoms with Gasteiger partial charge in [-0.2, -0.15) is 4.99 Å². The summed E-state index contributed by atoms with van der Waals surface area (Å²) in [5, 5.41) is 0. The Bertz CT molecular complexity index is 1010. The number of pyridine rings is 1. The van der Waals surface area contributed by atoms with Gasteiger partial charge in [-0.1, -0.05) is 31.6 Å². The van der Waals surface area contributed by atoms with Gasteiger partial charge in [0.25, 0.3) is 0 Å². The molecule has 1 aromatic heterocycles. The minimum atomic E-state index is -0.524. The maximum absolute atomic E-state index is 6.43. The van der Waals surface area contributed by atoms with Crippen molar-refractivity contribution >= 4 is 17.7 Å². The van der Waals surface area contributed by atoms with E-state index in [2.05, 4.69) is 65.1 Å². The molecule has 0 saturated heterocycles. The van der Waals surface area contributed by atoms with Gasteiger partial charge in [-0.15, -0.1) is 0 Å². The van der Waals surface area contributed by atoms with Crippen molar-refractivity contribution in [3.8, 4) is 0 Å². The summed E-state index contributed by atoms with van der Waals surface area (Å²) in [5.74, 6) is 2.12. The van der Waals surface area contributed by atoms with Crippen molar-refractivity contribution < 1.29 is 4.74 Å². The average molecular weight is 450 g/mol. The third-order valence-electron chi connectivity index (χ3n) is 5.87. The van der Waals surface area contributed by atoms with Crippen LogP contribution in [0.1, 0.15) is 37.3 Å². The lowest BCUT2D eigenvalue weighted by Gasteiger charge is -2.28. The molecule has 3 aliphatic rings. The summed E-state index contributed by atoms with van der Waals surface area (Å²) in [6, 6.07) is 2.12. The SMILES string of the molecule is CCCCOC1=NC(N)C2N=C(c3cncc(C)c3)N(CC3=CC(CN(C)C)CC=C3)C2=N1. The van der Waals surface area contributed by atoms with Crippen LogP contribution in [0, 0.1) is 12.8 Å². The summed E-state index contributed by atoms with van der Waals surface area (Å²) in [6.07, 6.45) is 13.1. The highest BCUT2D eigenvalue weighted by atomic mass is 16.5. The highest BCUT2D eigenvalue weighted by molar-refractivity contribution is 6.18. The second-order valence-corrected chi connectivity index (χ2v) is 9.21. The summed E-state index contributed by atoms with van der Waals surface area (Å²) in [6.45, 7) is 6.43. The molecular weight excluding hydrogens is 414 g/mol. The molecule has 3 heterocycles. The number of hydrogen-bond acceptors (Lipinski definition) is 8. The van der Waals surface area contributed by atoms with Crippen molar-refractivity contribution in [1.29, 1.82) is 0 Å². The minimum absolute atomic E-state index is 0.329. The first-order valence-electron chi connectivity index (χ1n) is 11.8. The lowest BCUT2D eigenvalue weighted by atomic mass is 9.95. The van der Waals surface area contributed by atoms with E-state index in [1.54, 1.807) is 0 Å². The molecule has 0 spiro atoms. The monoisotopic (exact) mass is 449 g/mol. The molecule has 3 atom stereocenters. The van der Waals surface area contributed by atoms with E-state index in [0.29, 0.717) is 25.1 Å². The van der Waals surface area contributed by atoms with Crippen LogP contribution in [0.3, 0.4) is 0 Å². The van der Waals surface area contributed by atoms with Crippen LogP contribution in [0.5, 0.6) is 0 Å². The van der Waals surface area contributed by atoms with Crippen molar-refractivity contribution in [2.75, 3.05) is 33.8 Å². The molecule has 33 heavy (non-hydrogen) atoms. The van der Waals surface area contributed by atoms with E-state index < -0.39 is 6.17 Å². The lowest BCUT2D eigenvalue weighted by Crippen LogP contribution is -2.46. The molecule has 2 N–H and O–H groups in total. The van der Waals surface area contributed by atoms with Crippen LogP contribution < -0.4 is 5.73 Å². The molecule has 2 aliphatic heterocycles. The normalized spacial score (nSPS) is 24.3.